The second-order valence-electron chi connectivity index (χ2n) is 7.00. The van der Waals surface area contributed by atoms with Gasteiger partial charge in [0.15, 0.2) is 0 Å². The third-order valence-corrected chi connectivity index (χ3v) is 6.05. The van der Waals surface area contributed by atoms with E-state index in [0.29, 0.717) is 6.04 Å². The van der Waals surface area contributed by atoms with Gasteiger partial charge in [-0.1, -0.05) is 6.07 Å². The Morgan fingerprint density at radius 3 is 2.79 bits per heavy atom. The average Bonchev–Trinajstić information content (AvgIpc) is 3.09. The van der Waals surface area contributed by atoms with Gasteiger partial charge in [0.05, 0.1) is 6.61 Å². The van der Waals surface area contributed by atoms with E-state index in [0.717, 1.165) is 65.0 Å². The molecule has 0 aromatic carbocycles. The number of nitrogens with one attached hydrogen (secondary N) is 1. The van der Waals surface area contributed by atoms with Gasteiger partial charge in [0.2, 0.25) is 5.91 Å². The lowest BCUT2D eigenvalue weighted by Gasteiger charge is -2.35. The minimum atomic E-state index is 0.146. The van der Waals surface area contributed by atoms with Gasteiger partial charge in [0, 0.05) is 36.5 Å². The summed E-state index contributed by atoms with van der Waals surface area (Å²) in [5.74, 6) is 0.384. The third-order valence-electron chi connectivity index (χ3n) is 5.19. The summed E-state index contributed by atoms with van der Waals surface area (Å²) in [6, 6.07) is 4.58. The maximum absolute atomic E-state index is 12.6. The van der Waals surface area contributed by atoms with Crippen molar-refractivity contribution in [3.8, 4) is 0 Å². The topological polar surface area (TPSA) is 55.8 Å². The van der Waals surface area contributed by atoms with Gasteiger partial charge in [-0.3, -0.25) is 9.69 Å². The van der Waals surface area contributed by atoms with E-state index in [2.05, 4.69) is 32.6 Å². The van der Waals surface area contributed by atoms with Crippen molar-refractivity contribution in [3.05, 3.63) is 22.4 Å². The molecule has 3 heterocycles. The van der Waals surface area contributed by atoms with Gasteiger partial charge in [0.25, 0.3) is 0 Å². The van der Waals surface area contributed by atoms with Crippen molar-refractivity contribution >= 4 is 17.2 Å². The summed E-state index contributed by atoms with van der Waals surface area (Å²) in [5, 5.41) is 14.4. The number of β-amino-alcohol motifs (C(OH)–C–C–N with tert-alkyl or cyclic N) is 1. The highest BCUT2D eigenvalue weighted by molar-refractivity contribution is 7.09. The van der Waals surface area contributed by atoms with Crippen molar-refractivity contribution < 1.29 is 9.90 Å². The van der Waals surface area contributed by atoms with Crippen LogP contribution < -0.4 is 5.32 Å². The molecule has 2 aliphatic rings. The molecule has 2 N–H and O–H groups in total. The van der Waals surface area contributed by atoms with Crippen molar-refractivity contribution in [2.75, 3.05) is 39.3 Å². The molecule has 2 aliphatic heterocycles. The summed E-state index contributed by atoms with van der Waals surface area (Å²) in [6.45, 7) is 5.88. The van der Waals surface area contributed by atoms with E-state index in [4.69, 9.17) is 5.11 Å². The second kappa shape index (κ2) is 8.94. The van der Waals surface area contributed by atoms with E-state index < -0.39 is 0 Å². The fourth-order valence-electron chi connectivity index (χ4n) is 3.82. The molecule has 1 atom stereocenters. The normalized spacial score (nSPS) is 24.1. The zero-order chi connectivity index (χ0) is 16.8. The number of nitrogens with zero attached hydrogens (tertiary/aromatic N) is 2. The molecule has 6 heteroatoms. The molecule has 5 nitrogen and oxygen atoms in total. The second-order valence-corrected chi connectivity index (χ2v) is 8.03. The Bertz CT molecular complexity index is 500. The molecule has 0 spiro atoms. The Hall–Kier alpha value is -0.950. The first-order chi connectivity index (χ1) is 11.7. The molecule has 1 aromatic heterocycles. The zero-order valence-corrected chi connectivity index (χ0v) is 15.1. The molecule has 0 aliphatic carbocycles. The largest absolute Gasteiger partial charge is 0.395 e. The molecule has 1 aromatic rings. The van der Waals surface area contributed by atoms with Gasteiger partial charge in [-0.05, 0) is 56.8 Å². The number of aliphatic hydroxyl groups excluding tert-OH is 1. The number of hydrogen-bond acceptors (Lipinski definition) is 5. The number of rotatable bonds is 6. The third kappa shape index (κ3) is 5.02. The van der Waals surface area contributed by atoms with Gasteiger partial charge in [-0.2, -0.15) is 0 Å². The van der Waals surface area contributed by atoms with Crippen LogP contribution in [0.15, 0.2) is 17.5 Å². The van der Waals surface area contributed by atoms with Gasteiger partial charge in [0.1, 0.15) is 0 Å². The number of carbonyl (C=O) groups excluding carboxylic acids is 1. The number of aliphatic hydroxyl groups is 1. The summed E-state index contributed by atoms with van der Waals surface area (Å²) in [4.78, 5) is 18.7. The van der Waals surface area contributed by atoms with Crippen molar-refractivity contribution in [3.63, 3.8) is 0 Å². The summed E-state index contributed by atoms with van der Waals surface area (Å²) in [6.07, 6.45) is 4.08. The van der Waals surface area contributed by atoms with Crippen LogP contribution in [0.3, 0.4) is 0 Å². The maximum Gasteiger partial charge on any atom is 0.223 e. The van der Waals surface area contributed by atoms with E-state index in [1.54, 1.807) is 0 Å². The molecule has 2 fully saturated rings. The molecule has 0 saturated carbocycles. The van der Waals surface area contributed by atoms with Crippen LogP contribution in [0.5, 0.6) is 0 Å². The Morgan fingerprint density at radius 2 is 2.08 bits per heavy atom. The minimum Gasteiger partial charge on any atom is -0.395 e. The molecule has 2 saturated heterocycles. The van der Waals surface area contributed by atoms with Crippen molar-refractivity contribution in [2.24, 2.45) is 5.92 Å². The molecule has 0 unspecified atom stereocenters. The fraction of sp³-hybridized carbons (Fsp3) is 0.722. The van der Waals surface area contributed by atoms with Crippen LogP contribution in [0.1, 0.15) is 30.6 Å². The first-order valence-electron chi connectivity index (χ1n) is 9.13. The Balaban J connectivity index is 1.42. The lowest BCUT2D eigenvalue weighted by Crippen LogP contribution is -2.50. The zero-order valence-electron chi connectivity index (χ0n) is 14.3. The number of amides is 1. The van der Waals surface area contributed by atoms with Gasteiger partial charge in [-0.25, -0.2) is 0 Å². The first kappa shape index (κ1) is 17.9. The summed E-state index contributed by atoms with van der Waals surface area (Å²) >= 11 is 1.81. The van der Waals surface area contributed by atoms with Crippen molar-refractivity contribution in [2.45, 2.75) is 38.3 Å². The van der Waals surface area contributed by atoms with Crippen LogP contribution in [-0.4, -0.2) is 66.2 Å². The fourth-order valence-corrected chi connectivity index (χ4v) is 4.57. The lowest BCUT2D eigenvalue weighted by molar-refractivity contribution is -0.127. The van der Waals surface area contributed by atoms with Gasteiger partial charge >= 0.3 is 0 Å². The smallest absolute Gasteiger partial charge is 0.223 e. The van der Waals surface area contributed by atoms with E-state index >= 15 is 0 Å². The molecule has 1 amide bonds. The number of carbonyl (C=O) groups is 1. The lowest BCUT2D eigenvalue weighted by atomic mass is 9.95. The minimum absolute atomic E-state index is 0.146. The Morgan fingerprint density at radius 1 is 1.25 bits per heavy atom. The van der Waals surface area contributed by atoms with Crippen LogP contribution in [0, 0.1) is 5.92 Å². The monoisotopic (exact) mass is 351 g/mol. The Kier molecular flexibility index (Phi) is 6.66. The molecule has 3 rings (SSSR count). The van der Waals surface area contributed by atoms with Crippen LogP contribution in [0.4, 0.5) is 0 Å². The average molecular weight is 352 g/mol. The highest BCUT2D eigenvalue weighted by atomic mass is 32.1. The molecular formula is C18H29N3O2S. The summed E-state index contributed by atoms with van der Waals surface area (Å²) in [5.41, 5.74) is 0. The van der Waals surface area contributed by atoms with Crippen LogP contribution in [-0.2, 0) is 11.3 Å². The highest BCUT2D eigenvalue weighted by Gasteiger charge is 2.28. The molecule has 0 radical (unpaired) electrons. The molecule has 24 heavy (non-hydrogen) atoms. The quantitative estimate of drug-likeness (QED) is 0.816. The number of likely N-dealkylation sites (tertiary alicyclic amines) is 2. The number of piperidine rings is 2. The van der Waals surface area contributed by atoms with Crippen molar-refractivity contribution in [1.29, 1.82) is 0 Å². The highest BCUT2D eigenvalue weighted by Crippen LogP contribution is 2.20. The van der Waals surface area contributed by atoms with Crippen LogP contribution in [0.25, 0.3) is 0 Å². The van der Waals surface area contributed by atoms with Crippen LogP contribution in [0.2, 0.25) is 0 Å². The number of hydrogen-bond donors (Lipinski definition) is 2. The molecular weight excluding hydrogens is 322 g/mol. The van der Waals surface area contributed by atoms with Gasteiger partial charge < -0.3 is 15.3 Å². The SMILES string of the molecule is O=C(N[C@H]1CCCN(Cc2cccs2)C1)C1CCN(CCO)CC1. The van der Waals surface area contributed by atoms with Crippen molar-refractivity contribution in [1.82, 2.24) is 15.1 Å². The summed E-state index contributed by atoms with van der Waals surface area (Å²) in [7, 11) is 0. The number of thiophene rings is 1. The van der Waals surface area contributed by atoms with E-state index in [1.807, 2.05) is 11.3 Å². The van der Waals surface area contributed by atoms with Crippen LogP contribution >= 0.6 is 11.3 Å². The Labute approximate surface area is 148 Å². The molecule has 0 bridgehead atoms. The van der Waals surface area contributed by atoms with E-state index in [9.17, 15) is 4.79 Å². The van der Waals surface area contributed by atoms with E-state index in [-0.39, 0.29) is 18.4 Å². The first-order valence-corrected chi connectivity index (χ1v) is 10.0. The maximum atomic E-state index is 12.6. The standard InChI is InChI=1S/C18H29N3O2S/c22-11-10-20-8-5-15(6-9-20)18(23)19-16-3-1-7-21(13-16)14-17-4-2-12-24-17/h2,4,12,15-16,22H,1,3,5-11,13-14H2,(H,19,23)/t16-/m0/s1. The molecule has 134 valence electrons. The predicted octanol–water partition coefficient (Wildman–Crippen LogP) is 1.53. The predicted molar refractivity (Wildman–Crippen MR) is 97.0 cm³/mol. The van der Waals surface area contributed by atoms with E-state index in [1.165, 1.54) is 4.88 Å². The van der Waals surface area contributed by atoms with Gasteiger partial charge in [-0.15, -0.1) is 11.3 Å². The summed E-state index contributed by atoms with van der Waals surface area (Å²) < 4.78 is 0.